The van der Waals surface area contributed by atoms with Gasteiger partial charge in [-0.15, -0.1) is 23.7 Å². The zero-order valence-electron chi connectivity index (χ0n) is 13.7. The third-order valence-electron chi connectivity index (χ3n) is 4.78. The van der Waals surface area contributed by atoms with E-state index in [0.29, 0.717) is 12.5 Å². The summed E-state index contributed by atoms with van der Waals surface area (Å²) in [5.74, 6) is 0.598. The number of hydrogen-bond acceptors (Lipinski definition) is 3. The number of nitrogens with one attached hydrogen (secondary N) is 1. The molecule has 0 saturated heterocycles. The Bertz CT molecular complexity index is 618. The molecule has 24 heavy (non-hydrogen) atoms. The van der Waals surface area contributed by atoms with Gasteiger partial charge in [-0.25, -0.2) is 0 Å². The number of halogens is 1. The number of carbonyl (C=O) groups excluding carboxylic acids is 1. The van der Waals surface area contributed by atoms with Crippen molar-refractivity contribution >= 4 is 29.7 Å². The number of rotatable bonds is 6. The van der Waals surface area contributed by atoms with Crippen LogP contribution in [-0.4, -0.2) is 12.5 Å². The second-order valence-corrected chi connectivity index (χ2v) is 7.28. The Morgan fingerprint density at radius 2 is 2.00 bits per heavy atom. The molecule has 3 atom stereocenters. The minimum absolute atomic E-state index is 0. The van der Waals surface area contributed by atoms with Crippen LogP contribution in [0.2, 0.25) is 0 Å². The first-order valence-electron chi connectivity index (χ1n) is 8.35. The van der Waals surface area contributed by atoms with Crippen LogP contribution >= 0.6 is 23.7 Å². The first kappa shape index (κ1) is 19.0. The maximum absolute atomic E-state index is 12.7. The van der Waals surface area contributed by atoms with Crippen molar-refractivity contribution in [2.45, 2.75) is 31.7 Å². The average molecular weight is 365 g/mol. The Morgan fingerprint density at radius 1 is 1.21 bits per heavy atom. The third-order valence-corrected chi connectivity index (χ3v) is 5.77. The van der Waals surface area contributed by atoms with Crippen LogP contribution in [0.25, 0.3) is 0 Å². The monoisotopic (exact) mass is 364 g/mol. The summed E-state index contributed by atoms with van der Waals surface area (Å²) in [6.07, 6.45) is 3.99. The van der Waals surface area contributed by atoms with Crippen LogP contribution in [0.4, 0.5) is 0 Å². The molecule has 3 N–H and O–H groups in total. The van der Waals surface area contributed by atoms with Gasteiger partial charge in [0.05, 0.1) is 6.04 Å². The molecule has 0 radical (unpaired) electrons. The fraction of sp³-hybridized carbons (Fsp3) is 0.421. The Kier molecular flexibility index (Phi) is 7.28. The van der Waals surface area contributed by atoms with Crippen molar-refractivity contribution < 1.29 is 4.79 Å². The van der Waals surface area contributed by atoms with Gasteiger partial charge in [-0.05, 0) is 48.7 Å². The highest BCUT2D eigenvalue weighted by Gasteiger charge is 2.33. The highest BCUT2D eigenvalue weighted by molar-refractivity contribution is 7.10. The number of amides is 1. The Balaban J connectivity index is 0.00000208. The predicted molar refractivity (Wildman–Crippen MR) is 102 cm³/mol. The molecule has 3 nitrogen and oxygen atoms in total. The minimum Gasteiger partial charge on any atom is -0.348 e. The molecule has 1 aromatic carbocycles. The number of carbonyl (C=O) groups is 1. The molecule has 0 spiro atoms. The number of thiophene rings is 1. The topological polar surface area (TPSA) is 55.1 Å². The molecule has 1 aromatic heterocycles. The molecule has 1 saturated carbocycles. The minimum atomic E-state index is 0. The standard InChI is InChI=1S/C19H24N2OS.ClH/c20-13-15-8-4-9-16(15)19(22)21-17(18-10-5-11-23-18)12-14-6-2-1-3-7-14;/h1-3,5-7,10-11,15-17H,4,8-9,12-13,20H2,(H,21,22);1H/t15-,16-,17?;/m1./s1. The van der Waals surface area contributed by atoms with Gasteiger partial charge in [0, 0.05) is 10.8 Å². The van der Waals surface area contributed by atoms with E-state index in [1.54, 1.807) is 11.3 Å². The fourth-order valence-corrected chi connectivity index (χ4v) is 4.28. The summed E-state index contributed by atoms with van der Waals surface area (Å²) in [5.41, 5.74) is 7.08. The number of nitrogens with two attached hydrogens (primary N) is 1. The number of hydrogen-bond donors (Lipinski definition) is 2. The highest BCUT2D eigenvalue weighted by Crippen LogP contribution is 2.32. The summed E-state index contributed by atoms with van der Waals surface area (Å²) in [6, 6.07) is 14.5. The molecule has 1 fully saturated rings. The zero-order chi connectivity index (χ0) is 16.1. The lowest BCUT2D eigenvalue weighted by Gasteiger charge is -2.23. The van der Waals surface area contributed by atoms with E-state index in [2.05, 4.69) is 28.9 Å². The molecule has 1 unspecified atom stereocenters. The maximum Gasteiger partial charge on any atom is 0.223 e. The molecular weight excluding hydrogens is 340 g/mol. The van der Waals surface area contributed by atoms with E-state index in [1.165, 1.54) is 10.4 Å². The van der Waals surface area contributed by atoms with E-state index in [-0.39, 0.29) is 30.3 Å². The van der Waals surface area contributed by atoms with Crippen molar-refractivity contribution in [3.63, 3.8) is 0 Å². The summed E-state index contributed by atoms with van der Waals surface area (Å²) in [4.78, 5) is 14.0. The maximum atomic E-state index is 12.7. The quantitative estimate of drug-likeness (QED) is 0.815. The predicted octanol–water partition coefficient (Wildman–Crippen LogP) is 3.94. The van der Waals surface area contributed by atoms with Crippen LogP contribution in [0.1, 0.15) is 35.7 Å². The lowest BCUT2D eigenvalue weighted by molar-refractivity contribution is -0.126. The average Bonchev–Trinajstić information content (AvgIpc) is 3.26. The van der Waals surface area contributed by atoms with Gasteiger partial charge >= 0.3 is 0 Å². The lowest BCUT2D eigenvalue weighted by atomic mass is 9.94. The van der Waals surface area contributed by atoms with Crippen LogP contribution in [-0.2, 0) is 11.2 Å². The molecule has 1 aliphatic carbocycles. The summed E-state index contributed by atoms with van der Waals surface area (Å²) in [7, 11) is 0. The van der Waals surface area contributed by atoms with Crippen molar-refractivity contribution in [3.8, 4) is 0 Å². The van der Waals surface area contributed by atoms with Gasteiger partial charge in [0.25, 0.3) is 0 Å². The second-order valence-electron chi connectivity index (χ2n) is 6.30. The van der Waals surface area contributed by atoms with Crippen molar-refractivity contribution in [1.29, 1.82) is 0 Å². The largest absolute Gasteiger partial charge is 0.348 e. The van der Waals surface area contributed by atoms with Crippen LogP contribution in [0, 0.1) is 11.8 Å². The van der Waals surface area contributed by atoms with Gasteiger partial charge in [0.1, 0.15) is 0 Å². The Labute approximate surface area is 154 Å². The normalized spacial score (nSPS) is 21.0. The second kappa shape index (κ2) is 9.21. The van der Waals surface area contributed by atoms with Crippen LogP contribution in [0.3, 0.4) is 0 Å². The van der Waals surface area contributed by atoms with Gasteiger partial charge < -0.3 is 11.1 Å². The SMILES string of the molecule is Cl.NC[C@H]1CCC[C@H]1C(=O)NC(Cc1ccccc1)c1cccs1. The molecule has 1 aliphatic rings. The molecule has 2 aromatic rings. The molecule has 3 rings (SSSR count). The van der Waals surface area contributed by atoms with Gasteiger partial charge in [-0.2, -0.15) is 0 Å². The van der Waals surface area contributed by atoms with Crippen molar-refractivity contribution in [2.24, 2.45) is 17.6 Å². The first-order chi connectivity index (χ1) is 11.3. The summed E-state index contributed by atoms with van der Waals surface area (Å²) >= 11 is 1.70. The van der Waals surface area contributed by atoms with Crippen molar-refractivity contribution in [2.75, 3.05) is 6.54 Å². The van der Waals surface area contributed by atoms with Crippen LogP contribution < -0.4 is 11.1 Å². The molecule has 1 heterocycles. The van der Waals surface area contributed by atoms with Gasteiger partial charge in [-0.3, -0.25) is 4.79 Å². The molecule has 130 valence electrons. The summed E-state index contributed by atoms with van der Waals surface area (Å²) < 4.78 is 0. The van der Waals surface area contributed by atoms with E-state index in [1.807, 2.05) is 24.3 Å². The van der Waals surface area contributed by atoms with Gasteiger partial charge in [0.2, 0.25) is 5.91 Å². The van der Waals surface area contributed by atoms with Crippen molar-refractivity contribution in [3.05, 3.63) is 58.3 Å². The lowest BCUT2D eigenvalue weighted by Crippen LogP contribution is -2.37. The molecule has 0 bridgehead atoms. The van der Waals surface area contributed by atoms with Crippen LogP contribution in [0.15, 0.2) is 47.8 Å². The highest BCUT2D eigenvalue weighted by atomic mass is 35.5. The van der Waals surface area contributed by atoms with E-state index in [9.17, 15) is 4.79 Å². The van der Waals surface area contributed by atoms with Crippen molar-refractivity contribution in [1.82, 2.24) is 5.32 Å². The van der Waals surface area contributed by atoms with E-state index >= 15 is 0 Å². The van der Waals surface area contributed by atoms with E-state index < -0.39 is 0 Å². The first-order valence-corrected chi connectivity index (χ1v) is 9.23. The van der Waals surface area contributed by atoms with E-state index in [0.717, 1.165) is 25.7 Å². The molecule has 0 aliphatic heterocycles. The number of benzene rings is 1. The Morgan fingerprint density at radius 3 is 2.67 bits per heavy atom. The molecule has 5 heteroatoms. The summed E-state index contributed by atoms with van der Waals surface area (Å²) in [6.45, 7) is 0.612. The smallest absolute Gasteiger partial charge is 0.223 e. The fourth-order valence-electron chi connectivity index (χ4n) is 3.50. The summed E-state index contributed by atoms with van der Waals surface area (Å²) in [5, 5.41) is 5.36. The van der Waals surface area contributed by atoms with Gasteiger partial charge in [0.15, 0.2) is 0 Å². The third kappa shape index (κ3) is 4.59. The zero-order valence-corrected chi connectivity index (χ0v) is 15.3. The Hall–Kier alpha value is -1.36. The van der Waals surface area contributed by atoms with Crippen LogP contribution in [0.5, 0.6) is 0 Å². The van der Waals surface area contributed by atoms with Gasteiger partial charge in [-0.1, -0.05) is 42.8 Å². The van der Waals surface area contributed by atoms with E-state index in [4.69, 9.17) is 5.73 Å². The molecular formula is C19H25ClN2OS. The molecule has 1 amide bonds.